The number of hydrogen-bond acceptors (Lipinski definition) is 6. The molecule has 0 radical (unpaired) electrons. The summed E-state index contributed by atoms with van der Waals surface area (Å²) in [6.07, 6.45) is 0. The van der Waals surface area contributed by atoms with E-state index in [9.17, 15) is 4.79 Å². The molecule has 2 N–H and O–H groups in total. The molecule has 7 nitrogen and oxygen atoms in total. The molecule has 0 aliphatic carbocycles. The Morgan fingerprint density at radius 3 is 2.50 bits per heavy atom. The Labute approximate surface area is 126 Å². The monoisotopic (exact) mass is 297 g/mol. The van der Waals surface area contributed by atoms with E-state index in [4.69, 9.17) is 10.3 Å². The molecule has 0 spiro atoms. The highest BCUT2D eigenvalue weighted by molar-refractivity contribution is 5.64. The maximum Gasteiger partial charge on any atom is 0.266 e. The summed E-state index contributed by atoms with van der Waals surface area (Å²) in [7, 11) is 0. The summed E-state index contributed by atoms with van der Waals surface area (Å²) in [5, 5.41) is 8.19. The van der Waals surface area contributed by atoms with E-state index in [2.05, 4.69) is 15.2 Å². The topological polar surface area (TPSA) is 99.8 Å². The first-order valence-corrected chi connectivity index (χ1v) is 6.93. The summed E-state index contributed by atoms with van der Waals surface area (Å²) in [4.78, 5) is 15.7. The molecule has 7 heteroatoms. The maximum absolute atomic E-state index is 11.6. The molecule has 0 saturated heterocycles. The van der Waals surface area contributed by atoms with Crippen LogP contribution in [0.15, 0.2) is 45.7 Å². The molecule has 1 aromatic carbocycles. The average molecular weight is 297 g/mol. The molecule has 0 fully saturated rings. The van der Waals surface area contributed by atoms with Crippen LogP contribution in [0.3, 0.4) is 0 Å². The molecule has 0 saturated carbocycles. The minimum Gasteiger partial charge on any atom is -0.338 e. The lowest BCUT2D eigenvalue weighted by molar-refractivity contribution is 0.380. The lowest BCUT2D eigenvalue weighted by Gasteiger charge is -2.05. The lowest BCUT2D eigenvalue weighted by atomic mass is 10.1. The fourth-order valence-electron chi connectivity index (χ4n) is 2.07. The highest BCUT2D eigenvalue weighted by atomic mass is 16.5. The van der Waals surface area contributed by atoms with Gasteiger partial charge in [0.25, 0.3) is 5.56 Å². The molecule has 2 heterocycles. The molecule has 0 amide bonds. The van der Waals surface area contributed by atoms with Gasteiger partial charge in [0.05, 0.1) is 12.2 Å². The van der Waals surface area contributed by atoms with Gasteiger partial charge in [-0.15, -0.1) is 0 Å². The SMILES string of the molecule is CCn1nc(-c2ccc(-c3noc(CN)n3)cc2)ccc1=O. The summed E-state index contributed by atoms with van der Waals surface area (Å²) in [6.45, 7) is 2.63. The molecule has 2 aromatic heterocycles. The molecule has 112 valence electrons. The van der Waals surface area contributed by atoms with Crippen molar-refractivity contribution in [2.45, 2.75) is 20.0 Å². The second-order valence-electron chi connectivity index (χ2n) is 4.67. The van der Waals surface area contributed by atoms with Crippen molar-refractivity contribution in [3.8, 4) is 22.6 Å². The molecular weight excluding hydrogens is 282 g/mol. The minimum atomic E-state index is -0.107. The van der Waals surface area contributed by atoms with Crippen LogP contribution in [0.4, 0.5) is 0 Å². The third-order valence-electron chi connectivity index (χ3n) is 3.25. The highest BCUT2D eigenvalue weighted by Gasteiger charge is 2.08. The standard InChI is InChI=1S/C15H15N5O2/c1-2-20-14(21)8-7-12(18-20)10-3-5-11(6-4-10)15-17-13(9-16)22-19-15/h3-8H,2,9,16H2,1H3. The molecule has 0 unspecified atom stereocenters. The Balaban J connectivity index is 1.92. The first-order valence-electron chi connectivity index (χ1n) is 6.93. The van der Waals surface area contributed by atoms with Gasteiger partial charge in [0.2, 0.25) is 11.7 Å². The van der Waals surface area contributed by atoms with Crippen LogP contribution in [0.1, 0.15) is 12.8 Å². The molecular formula is C15H15N5O2. The predicted octanol–water partition coefficient (Wildman–Crippen LogP) is 1.44. The Bertz CT molecular complexity index is 836. The number of hydrogen-bond donors (Lipinski definition) is 1. The molecule has 0 aliphatic rings. The number of nitrogens with zero attached hydrogens (tertiary/aromatic N) is 4. The van der Waals surface area contributed by atoms with Crippen LogP contribution in [0.2, 0.25) is 0 Å². The first kappa shape index (κ1) is 14.2. The van der Waals surface area contributed by atoms with Crippen molar-refractivity contribution in [2.75, 3.05) is 0 Å². The van der Waals surface area contributed by atoms with Crippen LogP contribution in [0.5, 0.6) is 0 Å². The van der Waals surface area contributed by atoms with Gasteiger partial charge >= 0.3 is 0 Å². The van der Waals surface area contributed by atoms with Crippen LogP contribution in [-0.4, -0.2) is 19.9 Å². The third-order valence-corrected chi connectivity index (χ3v) is 3.25. The van der Waals surface area contributed by atoms with Crippen molar-refractivity contribution in [3.63, 3.8) is 0 Å². The largest absolute Gasteiger partial charge is 0.338 e. The Hall–Kier alpha value is -2.80. The number of aryl methyl sites for hydroxylation is 1. The van der Waals surface area contributed by atoms with Crippen molar-refractivity contribution in [2.24, 2.45) is 5.73 Å². The Morgan fingerprint density at radius 1 is 1.14 bits per heavy atom. The van der Waals surface area contributed by atoms with Crippen molar-refractivity contribution >= 4 is 0 Å². The van der Waals surface area contributed by atoms with Crippen LogP contribution < -0.4 is 11.3 Å². The Morgan fingerprint density at radius 2 is 1.86 bits per heavy atom. The van der Waals surface area contributed by atoms with Gasteiger partial charge in [-0.1, -0.05) is 29.4 Å². The number of aromatic nitrogens is 4. The zero-order valence-corrected chi connectivity index (χ0v) is 12.1. The van der Waals surface area contributed by atoms with E-state index >= 15 is 0 Å². The highest BCUT2D eigenvalue weighted by Crippen LogP contribution is 2.21. The second-order valence-corrected chi connectivity index (χ2v) is 4.67. The smallest absolute Gasteiger partial charge is 0.266 e. The van der Waals surface area contributed by atoms with E-state index in [1.165, 1.54) is 10.7 Å². The molecule has 0 atom stereocenters. The molecule has 0 bridgehead atoms. The quantitative estimate of drug-likeness (QED) is 0.782. The van der Waals surface area contributed by atoms with E-state index in [1.54, 1.807) is 6.07 Å². The second kappa shape index (κ2) is 5.90. The molecule has 22 heavy (non-hydrogen) atoms. The van der Waals surface area contributed by atoms with Gasteiger partial charge in [-0.3, -0.25) is 4.79 Å². The van der Waals surface area contributed by atoms with Gasteiger partial charge < -0.3 is 10.3 Å². The van der Waals surface area contributed by atoms with Crippen molar-refractivity contribution < 1.29 is 4.52 Å². The van der Waals surface area contributed by atoms with E-state index in [0.717, 1.165) is 16.8 Å². The number of rotatable bonds is 4. The number of benzene rings is 1. The van der Waals surface area contributed by atoms with Gasteiger partial charge in [-0.2, -0.15) is 10.1 Å². The summed E-state index contributed by atoms with van der Waals surface area (Å²) in [6, 6.07) is 10.8. The fraction of sp³-hybridized carbons (Fsp3) is 0.200. The van der Waals surface area contributed by atoms with Crippen LogP contribution in [-0.2, 0) is 13.1 Å². The Kier molecular flexibility index (Phi) is 3.80. The van der Waals surface area contributed by atoms with Crippen LogP contribution in [0, 0.1) is 0 Å². The van der Waals surface area contributed by atoms with Gasteiger partial charge in [0.15, 0.2) is 0 Å². The van der Waals surface area contributed by atoms with Gasteiger partial charge in [-0.25, -0.2) is 4.68 Å². The van der Waals surface area contributed by atoms with E-state index in [0.29, 0.717) is 18.3 Å². The lowest BCUT2D eigenvalue weighted by Crippen LogP contribution is -2.20. The van der Waals surface area contributed by atoms with Gasteiger partial charge in [0.1, 0.15) is 0 Å². The van der Waals surface area contributed by atoms with Crippen molar-refractivity contribution in [3.05, 3.63) is 52.6 Å². The zero-order valence-electron chi connectivity index (χ0n) is 12.1. The zero-order chi connectivity index (χ0) is 15.5. The summed E-state index contributed by atoms with van der Waals surface area (Å²) in [5.74, 6) is 0.897. The van der Waals surface area contributed by atoms with Crippen LogP contribution >= 0.6 is 0 Å². The maximum atomic E-state index is 11.6. The third kappa shape index (κ3) is 2.66. The molecule has 3 aromatic rings. The van der Waals surface area contributed by atoms with E-state index in [1.807, 2.05) is 31.2 Å². The molecule has 0 aliphatic heterocycles. The summed E-state index contributed by atoms with van der Waals surface area (Å²) < 4.78 is 6.42. The first-order chi connectivity index (χ1) is 10.7. The minimum absolute atomic E-state index is 0.107. The predicted molar refractivity (Wildman–Crippen MR) is 80.8 cm³/mol. The van der Waals surface area contributed by atoms with Crippen molar-refractivity contribution in [1.82, 2.24) is 19.9 Å². The average Bonchev–Trinajstić information content (AvgIpc) is 3.04. The van der Waals surface area contributed by atoms with Crippen molar-refractivity contribution in [1.29, 1.82) is 0 Å². The summed E-state index contributed by atoms with van der Waals surface area (Å²) >= 11 is 0. The van der Waals surface area contributed by atoms with Crippen LogP contribution in [0.25, 0.3) is 22.6 Å². The molecule has 3 rings (SSSR count). The fourth-order valence-corrected chi connectivity index (χ4v) is 2.07. The number of nitrogens with two attached hydrogens (primary N) is 1. The van der Waals surface area contributed by atoms with Gasteiger partial charge in [-0.05, 0) is 13.0 Å². The summed E-state index contributed by atoms with van der Waals surface area (Å²) in [5.41, 5.74) is 7.82. The van der Waals surface area contributed by atoms with Gasteiger partial charge in [0, 0.05) is 23.7 Å². The van der Waals surface area contributed by atoms with E-state index in [-0.39, 0.29) is 12.1 Å². The van der Waals surface area contributed by atoms with E-state index < -0.39 is 0 Å². The normalized spacial score (nSPS) is 10.8.